The second kappa shape index (κ2) is 5.12. The van der Waals surface area contributed by atoms with Crippen LogP contribution >= 0.6 is 15.9 Å². The van der Waals surface area contributed by atoms with E-state index in [-0.39, 0.29) is 5.92 Å². The van der Waals surface area contributed by atoms with E-state index in [0.717, 1.165) is 35.7 Å². The van der Waals surface area contributed by atoms with Crippen LogP contribution in [0.4, 0.5) is 0 Å². The number of aromatic amines is 1. The Morgan fingerprint density at radius 2 is 2.21 bits per heavy atom. The van der Waals surface area contributed by atoms with Crippen molar-refractivity contribution in [3.05, 3.63) is 33.9 Å². The topological polar surface area (TPSA) is 32.9 Å². The van der Waals surface area contributed by atoms with Gasteiger partial charge in [-0.1, -0.05) is 28.4 Å². The van der Waals surface area contributed by atoms with Crippen LogP contribution in [0.1, 0.15) is 36.9 Å². The van der Waals surface area contributed by atoms with Gasteiger partial charge in [-0.05, 0) is 43.9 Å². The fraction of sp³-hybridized carbons (Fsp3) is 0.438. The molecule has 1 heterocycles. The number of H-pyrrole nitrogens is 1. The van der Waals surface area contributed by atoms with Crippen molar-refractivity contribution in [1.29, 1.82) is 0 Å². The van der Waals surface area contributed by atoms with Gasteiger partial charge in [-0.2, -0.15) is 0 Å². The Balaban J connectivity index is 1.96. The molecule has 0 spiro atoms. The maximum Gasteiger partial charge on any atom is 0.136 e. The quantitative estimate of drug-likeness (QED) is 0.866. The van der Waals surface area contributed by atoms with Crippen molar-refractivity contribution in [2.45, 2.75) is 39.0 Å². The first kappa shape index (κ1) is 12.9. The molecule has 0 amide bonds. The number of aromatic nitrogens is 1. The van der Waals surface area contributed by atoms with Crippen molar-refractivity contribution in [3.63, 3.8) is 0 Å². The van der Waals surface area contributed by atoms with Crippen LogP contribution in [-0.4, -0.2) is 10.8 Å². The Bertz CT molecular complexity index is 629. The molecule has 1 aliphatic rings. The number of Topliss-reactive ketones (excluding diaryl/α,β-unsaturated/α-hetero) is 1. The number of carbonyl (C=O) groups excluding carboxylic acids is 1. The van der Waals surface area contributed by atoms with Gasteiger partial charge in [0.2, 0.25) is 0 Å². The fourth-order valence-corrected chi connectivity index (χ4v) is 3.50. The normalized spacial score (nSPS) is 20.1. The van der Waals surface area contributed by atoms with E-state index in [1.165, 1.54) is 23.1 Å². The smallest absolute Gasteiger partial charge is 0.136 e. The molecule has 2 nitrogen and oxygen atoms in total. The third-order valence-electron chi connectivity index (χ3n) is 4.21. The van der Waals surface area contributed by atoms with Gasteiger partial charge in [0.1, 0.15) is 5.78 Å². The first-order chi connectivity index (χ1) is 9.15. The maximum atomic E-state index is 12.0. The van der Waals surface area contributed by atoms with E-state index in [2.05, 4.69) is 46.0 Å². The molecule has 1 unspecified atom stereocenters. The largest absolute Gasteiger partial charge is 0.358 e. The number of halogens is 1. The van der Waals surface area contributed by atoms with E-state index in [1.54, 1.807) is 0 Å². The number of hydrogen-bond donors (Lipinski definition) is 1. The van der Waals surface area contributed by atoms with E-state index in [9.17, 15) is 4.79 Å². The van der Waals surface area contributed by atoms with Gasteiger partial charge < -0.3 is 4.98 Å². The highest BCUT2D eigenvalue weighted by molar-refractivity contribution is 9.10. The van der Waals surface area contributed by atoms with Crippen LogP contribution in [-0.2, 0) is 11.2 Å². The van der Waals surface area contributed by atoms with Crippen molar-refractivity contribution in [2.75, 3.05) is 0 Å². The zero-order valence-electron chi connectivity index (χ0n) is 11.1. The minimum atomic E-state index is 0.232. The number of fused-ring (bicyclic) bond motifs is 1. The van der Waals surface area contributed by atoms with Crippen LogP contribution in [0, 0.1) is 12.8 Å². The Kier molecular flexibility index (Phi) is 3.48. The third kappa shape index (κ3) is 2.48. The lowest BCUT2D eigenvalue weighted by atomic mass is 9.83. The minimum Gasteiger partial charge on any atom is -0.358 e. The zero-order chi connectivity index (χ0) is 13.4. The number of nitrogens with one attached hydrogen (secondary N) is 1. The molecule has 1 saturated carbocycles. The zero-order valence-corrected chi connectivity index (χ0v) is 12.7. The third-order valence-corrected chi connectivity index (χ3v) is 4.71. The van der Waals surface area contributed by atoms with Gasteiger partial charge in [-0.15, -0.1) is 0 Å². The van der Waals surface area contributed by atoms with Crippen molar-refractivity contribution < 1.29 is 4.79 Å². The highest BCUT2D eigenvalue weighted by Gasteiger charge is 2.24. The van der Waals surface area contributed by atoms with E-state index < -0.39 is 0 Å². The fourth-order valence-electron chi connectivity index (χ4n) is 3.14. The van der Waals surface area contributed by atoms with Gasteiger partial charge in [0.25, 0.3) is 0 Å². The molecule has 1 aromatic carbocycles. The molecule has 0 aliphatic heterocycles. The highest BCUT2D eigenvalue weighted by atomic mass is 79.9. The van der Waals surface area contributed by atoms with Crippen molar-refractivity contribution in [2.24, 2.45) is 5.92 Å². The summed E-state index contributed by atoms with van der Waals surface area (Å²) in [6, 6.07) is 6.32. The Morgan fingerprint density at radius 1 is 1.37 bits per heavy atom. The lowest BCUT2D eigenvalue weighted by Crippen LogP contribution is -2.21. The molecule has 0 saturated heterocycles. The van der Waals surface area contributed by atoms with Crippen LogP contribution in [0.15, 0.2) is 22.7 Å². The van der Waals surface area contributed by atoms with Crippen LogP contribution in [0.25, 0.3) is 10.9 Å². The van der Waals surface area contributed by atoms with Gasteiger partial charge in [0, 0.05) is 33.4 Å². The molecule has 1 N–H and O–H groups in total. The summed E-state index contributed by atoms with van der Waals surface area (Å²) < 4.78 is 1.08. The predicted octanol–water partition coefficient (Wildman–Crippen LogP) is 4.54. The number of hydrogen-bond acceptors (Lipinski definition) is 1. The summed E-state index contributed by atoms with van der Waals surface area (Å²) in [6.45, 7) is 2.11. The summed E-state index contributed by atoms with van der Waals surface area (Å²) in [5, 5.41) is 1.26. The predicted molar refractivity (Wildman–Crippen MR) is 81.4 cm³/mol. The molecule has 19 heavy (non-hydrogen) atoms. The highest BCUT2D eigenvalue weighted by Crippen LogP contribution is 2.30. The maximum absolute atomic E-state index is 12.0. The number of aryl methyl sites for hydroxylation is 1. The number of benzene rings is 1. The molecule has 2 aromatic rings. The van der Waals surface area contributed by atoms with Gasteiger partial charge in [-0.3, -0.25) is 4.79 Å². The molecule has 1 aromatic heterocycles. The number of ketones is 1. The molecule has 1 fully saturated rings. The summed E-state index contributed by atoms with van der Waals surface area (Å²) in [5.41, 5.74) is 3.68. The first-order valence-corrected chi connectivity index (χ1v) is 7.74. The van der Waals surface area contributed by atoms with Crippen molar-refractivity contribution >= 4 is 32.6 Å². The standard InChI is InChI=1S/C16H18BrNO/c1-10-14(8-11-4-2-3-5-16(11)19)13-7-6-12(17)9-15(13)18-10/h6-7,9,11,18H,2-5,8H2,1H3. The van der Waals surface area contributed by atoms with Gasteiger partial charge in [0.05, 0.1) is 0 Å². The molecule has 0 radical (unpaired) electrons. The van der Waals surface area contributed by atoms with Crippen molar-refractivity contribution in [1.82, 2.24) is 4.98 Å². The molecule has 1 atom stereocenters. The molecular weight excluding hydrogens is 302 g/mol. The van der Waals surface area contributed by atoms with Gasteiger partial charge >= 0.3 is 0 Å². The Labute approximate surface area is 121 Å². The average Bonchev–Trinajstić information content (AvgIpc) is 2.68. The lowest BCUT2D eigenvalue weighted by Gasteiger charge is -2.20. The number of rotatable bonds is 2. The van der Waals surface area contributed by atoms with Gasteiger partial charge in [-0.25, -0.2) is 0 Å². The monoisotopic (exact) mass is 319 g/mol. The second-order valence-electron chi connectivity index (χ2n) is 5.53. The van der Waals surface area contributed by atoms with Crippen LogP contribution in [0.3, 0.4) is 0 Å². The lowest BCUT2D eigenvalue weighted by molar-refractivity contribution is -0.124. The minimum absolute atomic E-state index is 0.232. The van der Waals surface area contributed by atoms with E-state index in [1.807, 2.05) is 0 Å². The summed E-state index contributed by atoms with van der Waals surface area (Å²) in [4.78, 5) is 15.4. The van der Waals surface area contributed by atoms with E-state index in [4.69, 9.17) is 0 Å². The average molecular weight is 320 g/mol. The van der Waals surface area contributed by atoms with Crippen molar-refractivity contribution in [3.8, 4) is 0 Å². The molecule has 0 bridgehead atoms. The summed E-state index contributed by atoms with van der Waals surface area (Å²) in [5.74, 6) is 0.687. The molecule has 3 heteroatoms. The van der Waals surface area contributed by atoms with Crippen LogP contribution in [0.2, 0.25) is 0 Å². The Morgan fingerprint density at radius 3 is 3.00 bits per heavy atom. The second-order valence-corrected chi connectivity index (χ2v) is 6.45. The van der Waals surface area contributed by atoms with E-state index in [0.29, 0.717) is 5.78 Å². The first-order valence-electron chi connectivity index (χ1n) is 6.94. The molecule has 1 aliphatic carbocycles. The summed E-state index contributed by atoms with van der Waals surface area (Å²) >= 11 is 3.50. The van der Waals surface area contributed by atoms with Gasteiger partial charge in [0.15, 0.2) is 0 Å². The molecule has 3 rings (SSSR count). The summed E-state index contributed by atoms with van der Waals surface area (Å²) in [7, 11) is 0. The molecular formula is C16H18BrNO. The van der Waals surface area contributed by atoms with Crippen LogP contribution in [0.5, 0.6) is 0 Å². The van der Waals surface area contributed by atoms with E-state index >= 15 is 0 Å². The summed E-state index contributed by atoms with van der Waals surface area (Å²) in [6.07, 6.45) is 5.00. The Hall–Kier alpha value is -1.09. The van der Waals surface area contributed by atoms with Crippen LogP contribution < -0.4 is 0 Å². The number of carbonyl (C=O) groups is 1. The molecule has 100 valence electrons. The SMILES string of the molecule is Cc1[nH]c2cc(Br)ccc2c1CC1CCCCC1=O.